The van der Waals surface area contributed by atoms with Crippen LogP contribution in [0.2, 0.25) is 0 Å². The van der Waals surface area contributed by atoms with Crippen LogP contribution in [0.1, 0.15) is 28.4 Å². The van der Waals surface area contributed by atoms with E-state index < -0.39 is 0 Å². The number of amides is 1. The van der Waals surface area contributed by atoms with Gasteiger partial charge in [-0.1, -0.05) is 30.4 Å². The largest absolute Gasteiger partial charge is 0.351 e. The van der Waals surface area contributed by atoms with Gasteiger partial charge in [0.05, 0.1) is 10.2 Å². The van der Waals surface area contributed by atoms with E-state index in [1.54, 1.807) is 23.1 Å². The normalized spacial score (nSPS) is 14.4. The maximum atomic E-state index is 12.4. The molecule has 2 heterocycles. The van der Waals surface area contributed by atoms with Crippen LogP contribution in [-0.4, -0.2) is 60.8 Å². The molecule has 0 saturated carbocycles. The zero-order valence-corrected chi connectivity index (χ0v) is 21.3. The topological polar surface area (TPSA) is 48.5 Å². The number of thioether (sulfide) groups is 1. The number of nitrogens with one attached hydrogen (secondary N) is 1. The van der Waals surface area contributed by atoms with Gasteiger partial charge in [-0.05, 0) is 55.0 Å². The molecule has 1 aliphatic heterocycles. The number of piperazine rings is 1. The van der Waals surface area contributed by atoms with E-state index in [0.29, 0.717) is 6.54 Å². The van der Waals surface area contributed by atoms with Crippen LogP contribution < -0.4 is 10.2 Å². The number of carbonyl (C=O) groups excluding carboxylic acids is 1. The second-order valence-electron chi connectivity index (χ2n) is 7.92. The summed E-state index contributed by atoms with van der Waals surface area (Å²) < 4.78 is 1.31. The summed E-state index contributed by atoms with van der Waals surface area (Å²) in [5.41, 5.74) is 4.42. The number of rotatable bonds is 7. The summed E-state index contributed by atoms with van der Waals surface area (Å²) in [6.07, 6.45) is 0. The van der Waals surface area contributed by atoms with Crippen molar-refractivity contribution in [2.75, 3.05) is 49.9 Å². The Labute approximate surface area is 205 Å². The molecule has 5 nitrogen and oxygen atoms in total. The minimum absolute atomic E-state index is 0. The van der Waals surface area contributed by atoms with Crippen LogP contribution in [0.3, 0.4) is 0 Å². The molecule has 0 radical (unpaired) electrons. The third-order valence-electron chi connectivity index (χ3n) is 5.71. The van der Waals surface area contributed by atoms with Gasteiger partial charge < -0.3 is 10.2 Å². The number of hydrogen-bond donors (Lipinski definition) is 1. The summed E-state index contributed by atoms with van der Waals surface area (Å²) >= 11 is 3.59. The molecule has 1 aromatic heterocycles. The Morgan fingerprint density at radius 3 is 2.41 bits per heavy atom. The van der Waals surface area contributed by atoms with Crippen molar-refractivity contribution in [3.63, 3.8) is 0 Å². The van der Waals surface area contributed by atoms with Crippen LogP contribution in [0.4, 0.5) is 5.13 Å². The van der Waals surface area contributed by atoms with E-state index in [2.05, 4.69) is 48.0 Å². The molecule has 0 aliphatic carbocycles. The summed E-state index contributed by atoms with van der Waals surface area (Å²) in [7, 11) is 0. The van der Waals surface area contributed by atoms with Gasteiger partial charge >= 0.3 is 0 Å². The van der Waals surface area contributed by atoms with Crippen molar-refractivity contribution in [2.45, 2.75) is 25.7 Å². The second-order valence-corrected chi connectivity index (χ2v) is 10.2. The van der Waals surface area contributed by atoms with Gasteiger partial charge in [0.15, 0.2) is 5.13 Å². The van der Waals surface area contributed by atoms with E-state index in [1.807, 2.05) is 24.3 Å². The van der Waals surface area contributed by atoms with Gasteiger partial charge in [0.2, 0.25) is 0 Å². The number of thiazole rings is 1. The lowest BCUT2D eigenvalue weighted by atomic mass is 10.1. The Kier molecular flexibility index (Phi) is 8.82. The zero-order valence-electron chi connectivity index (χ0n) is 18.9. The molecule has 0 atom stereocenters. The third-order valence-corrected chi connectivity index (χ3v) is 7.86. The number of carbonyl (C=O) groups is 1. The number of aryl methyl sites for hydroxylation is 2. The average Bonchev–Trinajstić information content (AvgIpc) is 3.24. The van der Waals surface area contributed by atoms with Gasteiger partial charge in [-0.15, -0.1) is 24.2 Å². The zero-order chi connectivity index (χ0) is 21.8. The maximum absolute atomic E-state index is 12.4. The maximum Gasteiger partial charge on any atom is 0.251 e. The number of benzene rings is 2. The van der Waals surface area contributed by atoms with Crippen LogP contribution in [-0.2, 0) is 0 Å². The van der Waals surface area contributed by atoms with E-state index in [9.17, 15) is 4.79 Å². The molecular formula is C24H31ClN4OS2. The fraction of sp³-hybridized carbons (Fsp3) is 0.417. The van der Waals surface area contributed by atoms with Crippen LogP contribution in [0.25, 0.3) is 10.2 Å². The van der Waals surface area contributed by atoms with Crippen molar-refractivity contribution in [2.24, 2.45) is 0 Å². The van der Waals surface area contributed by atoms with E-state index in [1.165, 1.54) is 20.7 Å². The summed E-state index contributed by atoms with van der Waals surface area (Å²) in [5.74, 6) is 1.05. The van der Waals surface area contributed by atoms with Crippen molar-refractivity contribution in [3.05, 3.63) is 53.1 Å². The highest BCUT2D eigenvalue weighted by atomic mass is 35.5. The van der Waals surface area contributed by atoms with Gasteiger partial charge in [-0.2, -0.15) is 0 Å². The summed E-state index contributed by atoms with van der Waals surface area (Å²) in [6.45, 7) is 11.9. The molecule has 1 N–H and O–H groups in total. The van der Waals surface area contributed by atoms with Crippen molar-refractivity contribution in [1.29, 1.82) is 0 Å². The predicted octanol–water partition coefficient (Wildman–Crippen LogP) is 5.00. The van der Waals surface area contributed by atoms with Gasteiger partial charge in [-0.25, -0.2) is 4.98 Å². The average molecular weight is 491 g/mol. The van der Waals surface area contributed by atoms with E-state index in [0.717, 1.165) is 54.7 Å². The van der Waals surface area contributed by atoms with Crippen LogP contribution in [0.15, 0.2) is 41.3 Å². The number of hydrogen-bond acceptors (Lipinski definition) is 6. The fourth-order valence-corrected chi connectivity index (χ4v) is 5.67. The van der Waals surface area contributed by atoms with E-state index in [4.69, 9.17) is 4.98 Å². The Hall–Kier alpha value is -1.80. The van der Waals surface area contributed by atoms with Crippen molar-refractivity contribution >= 4 is 56.8 Å². The SMILES string of the molecule is CCSc1ccc(C(=O)NCCN2CCN(c3nc4c(C)ccc(C)c4s3)CC2)cc1.Cl. The molecule has 8 heteroatoms. The molecule has 3 aromatic rings. The molecule has 1 amide bonds. The number of fused-ring (bicyclic) bond motifs is 1. The van der Waals surface area contributed by atoms with Gasteiger partial charge in [0.25, 0.3) is 5.91 Å². The minimum atomic E-state index is 0. The molecule has 1 saturated heterocycles. The fourth-order valence-electron chi connectivity index (χ4n) is 3.84. The van der Waals surface area contributed by atoms with Gasteiger partial charge in [-0.3, -0.25) is 9.69 Å². The quantitative estimate of drug-likeness (QED) is 0.472. The highest BCUT2D eigenvalue weighted by Gasteiger charge is 2.20. The first kappa shape index (κ1) is 24.8. The van der Waals surface area contributed by atoms with Crippen molar-refractivity contribution < 1.29 is 4.79 Å². The lowest BCUT2D eigenvalue weighted by molar-refractivity contribution is 0.0947. The molecule has 32 heavy (non-hydrogen) atoms. The lowest BCUT2D eigenvalue weighted by Crippen LogP contribution is -2.48. The molecule has 1 aliphatic rings. The lowest BCUT2D eigenvalue weighted by Gasteiger charge is -2.34. The van der Waals surface area contributed by atoms with Crippen LogP contribution >= 0.6 is 35.5 Å². The Morgan fingerprint density at radius 2 is 1.75 bits per heavy atom. The van der Waals surface area contributed by atoms with Crippen LogP contribution in [0, 0.1) is 13.8 Å². The molecule has 1 fully saturated rings. The summed E-state index contributed by atoms with van der Waals surface area (Å²) in [6, 6.07) is 12.2. The number of halogens is 1. The van der Waals surface area contributed by atoms with Gasteiger partial charge in [0.1, 0.15) is 0 Å². The number of nitrogens with zero attached hydrogens (tertiary/aromatic N) is 3. The first-order valence-corrected chi connectivity index (χ1v) is 12.7. The number of anilines is 1. The molecule has 0 unspecified atom stereocenters. The monoisotopic (exact) mass is 490 g/mol. The second kappa shape index (κ2) is 11.4. The van der Waals surface area contributed by atoms with E-state index in [-0.39, 0.29) is 18.3 Å². The van der Waals surface area contributed by atoms with E-state index >= 15 is 0 Å². The smallest absolute Gasteiger partial charge is 0.251 e. The minimum Gasteiger partial charge on any atom is -0.351 e. The van der Waals surface area contributed by atoms with Crippen LogP contribution in [0.5, 0.6) is 0 Å². The highest BCUT2D eigenvalue weighted by Crippen LogP contribution is 2.33. The number of aromatic nitrogens is 1. The Balaban J connectivity index is 0.00000289. The Bertz CT molecular complexity index is 1010. The molecule has 4 rings (SSSR count). The Morgan fingerprint density at radius 1 is 1.06 bits per heavy atom. The molecular weight excluding hydrogens is 460 g/mol. The predicted molar refractivity (Wildman–Crippen MR) is 140 cm³/mol. The summed E-state index contributed by atoms with van der Waals surface area (Å²) in [4.78, 5) is 23.3. The molecule has 172 valence electrons. The molecule has 0 spiro atoms. The standard InChI is InChI=1S/C24H30N4OS2.ClH/c1-4-30-20-9-7-19(8-10-20)23(29)25-11-12-27-13-15-28(16-14-27)24-26-21-17(2)5-6-18(3)22(21)31-24;/h5-10H,4,11-16H2,1-3H3,(H,25,29);1H. The molecule has 2 aromatic carbocycles. The van der Waals surface area contributed by atoms with Gasteiger partial charge in [0, 0.05) is 49.7 Å². The first-order chi connectivity index (χ1) is 15.0. The van der Waals surface area contributed by atoms with Crippen molar-refractivity contribution in [3.8, 4) is 0 Å². The van der Waals surface area contributed by atoms with Crippen molar-refractivity contribution in [1.82, 2.24) is 15.2 Å². The molecule has 0 bridgehead atoms. The highest BCUT2D eigenvalue weighted by molar-refractivity contribution is 7.99. The third kappa shape index (κ3) is 5.76. The summed E-state index contributed by atoms with van der Waals surface area (Å²) in [5, 5.41) is 4.19. The first-order valence-electron chi connectivity index (χ1n) is 10.9.